The molecule has 0 aromatic carbocycles. The molecular formula is C14H27NO2. The van der Waals surface area contributed by atoms with E-state index in [1.807, 2.05) is 0 Å². The summed E-state index contributed by atoms with van der Waals surface area (Å²) in [5.41, 5.74) is 0. The summed E-state index contributed by atoms with van der Waals surface area (Å²) in [5.74, 6) is 0.909. The van der Waals surface area contributed by atoms with Crippen molar-refractivity contribution in [3.8, 4) is 0 Å². The van der Waals surface area contributed by atoms with Gasteiger partial charge in [0.15, 0.2) is 0 Å². The summed E-state index contributed by atoms with van der Waals surface area (Å²) < 4.78 is 5.52. The van der Waals surface area contributed by atoms with Crippen LogP contribution in [0.5, 0.6) is 0 Å². The summed E-state index contributed by atoms with van der Waals surface area (Å²) in [6, 6.07) is 0.254. The van der Waals surface area contributed by atoms with Crippen molar-refractivity contribution in [2.24, 2.45) is 5.92 Å². The molecule has 3 unspecified atom stereocenters. The van der Waals surface area contributed by atoms with Crippen LogP contribution in [-0.4, -0.2) is 48.5 Å². The first-order valence-corrected chi connectivity index (χ1v) is 7.31. The van der Waals surface area contributed by atoms with Gasteiger partial charge in [-0.15, -0.1) is 0 Å². The molecule has 1 N–H and O–H groups in total. The third-order valence-corrected chi connectivity index (χ3v) is 4.34. The quantitative estimate of drug-likeness (QED) is 0.821. The molecule has 2 aliphatic rings. The summed E-state index contributed by atoms with van der Waals surface area (Å²) in [6.45, 7) is 6.02. The predicted octanol–water partition coefficient (Wildman–Crippen LogP) is 2.04. The molecule has 0 bridgehead atoms. The van der Waals surface area contributed by atoms with Gasteiger partial charge >= 0.3 is 0 Å². The first-order chi connectivity index (χ1) is 8.31. The molecular weight excluding hydrogens is 214 g/mol. The average molecular weight is 241 g/mol. The number of aliphatic hydroxyl groups is 1. The molecule has 100 valence electrons. The van der Waals surface area contributed by atoms with Gasteiger partial charge in [-0.1, -0.05) is 19.8 Å². The summed E-state index contributed by atoms with van der Waals surface area (Å²) in [7, 11) is 0. The molecule has 0 aromatic heterocycles. The molecule has 0 amide bonds. The van der Waals surface area contributed by atoms with Crippen molar-refractivity contribution >= 4 is 0 Å². The van der Waals surface area contributed by atoms with Crippen LogP contribution >= 0.6 is 0 Å². The SMILES string of the molecule is CCCC1CCCN(C2COCCC2O)CC1. The van der Waals surface area contributed by atoms with E-state index in [2.05, 4.69) is 11.8 Å². The van der Waals surface area contributed by atoms with Crippen LogP contribution in [0.4, 0.5) is 0 Å². The first-order valence-electron chi connectivity index (χ1n) is 7.31. The highest BCUT2D eigenvalue weighted by Gasteiger charge is 2.30. The Morgan fingerprint density at radius 3 is 2.88 bits per heavy atom. The average Bonchev–Trinajstić information content (AvgIpc) is 2.56. The van der Waals surface area contributed by atoms with Crippen LogP contribution in [-0.2, 0) is 4.74 Å². The molecule has 2 aliphatic heterocycles. The Bertz CT molecular complexity index is 222. The largest absolute Gasteiger partial charge is 0.391 e. The van der Waals surface area contributed by atoms with E-state index in [1.54, 1.807) is 0 Å². The Morgan fingerprint density at radius 1 is 1.24 bits per heavy atom. The highest BCUT2D eigenvalue weighted by atomic mass is 16.5. The van der Waals surface area contributed by atoms with E-state index >= 15 is 0 Å². The Kier molecular flexibility index (Phi) is 5.26. The lowest BCUT2D eigenvalue weighted by Crippen LogP contribution is -2.50. The number of likely N-dealkylation sites (tertiary alicyclic amines) is 1. The van der Waals surface area contributed by atoms with Gasteiger partial charge in [-0.25, -0.2) is 0 Å². The standard InChI is InChI=1S/C14H27NO2/c1-2-4-12-5-3-8-15(9-6-12)13-11-17-10-7-14(13)16/h12-14,16H,2-11H2,1H3. The van der Waals surface area contributed by atoms with E-state index < -0.39 is 0 Å². The van der Waals surface area contributed by atoms with Gasteiger partial charge in [-0.3, -0.25) is 4.90 Å². The van der Waals surface area contributed by atoms with Gasteiger partial charge in [-0.05, 0) is 44.7 Å². The predicted molar refractivity (Wildman–Crippen MR) is 69.1 cm³/mol. The van der Waals surface area contributed by atoms with E-state index in [4.69, 9.17) is 4.74 Å². The second kappa shape index (κ2) is 6.72. The lowest BCUT2D eigenvalue weighted by molar-refractivity contribution is -0.0606. The normalized spacial score (nSPS) is 36.7. The molecule has 0 aromatic rings. The third-order valence-electron chi connectivity index (χ3n) is 4.34. The van der Waals surface area contributed by atoms with Gasteiger partial charge in [0, 0.05) is 6.61 Å². The summed E-state index contributed by atoms with van der Waals surface area (Å²) in [5, 5.41) is 10.1. The molecule has 2 fully saturated rings. The maximum absolute atomic E-state index is 10.1. The Balaban J connectivity index is 1.84. The smallest absolute Gasteiger partial charge is 0.0739 e. The third kappa shape index (κ3) is 3.67. The number of nitrogens with zero attached hydrogens (tertiary/aromatic N) is 1. The summed E-state index contributed by atoms with van der Waals surface area (Å²) in [4.78, 5) is 2.47. The van der Waals surface area contributed by atoms with Crippen LogP contribution in [0, 0.1) is 5.92 Å². The molecule has 0 saturated carbocycles. The maximum atomic E-state index is 10.1. The number of aliphatic hydroxyl groups excluding tert-OH is 1. The highest BCUT2D eigenvalue weighted by molar-refractivity contribution is 4.84. The fourth-order valence-corrected chi connectivity index (χ4v) is 3.28. The maximum Gasteiger partial charge on any atom is 0.0739 e. The zero-order chi connectivity index (χ0) is 12.1. The van der Waals surface area contributed by atoms with Gasteiger partial charge in [0.1, 0.15) is 0 Å². The van der Waals surface area contributed by atoms with Crippen molar-refractivity contribution in [2.45, 2.75) is 57.6 Å². The van der Waals surface area contributed by atoms with Crippen LogP contribution < -0.4 is 0 Å². The summed E-state index contributed by atoms with van der Waals surface area (Å²) >= 11 is 0. The number of hydrogen-bond donors (Lipinski definition) is 1. The Labute approximate surface area is 105 Å². The molecule has 0 spiro atoms. The lowest BCUT2D eigenvalue weighted by atomic mass is 9.96. The molecule has 17 heavy (non-hydrogen) atoms. The van der Waals surface area contributed by atoms with Crippen molar-refractivity contribution in [3.05, 3.63) is 0 Å². The van der Waals surface area contributed by atoms with E-state index in [9.17, 15) is 5.11 Å². The van der Waals surface area contributed by atoms with Crippen LogP contribution in [0.2, 0.25) is 0 Å². The van der Waals surface area contributed by atoms with Gasteiger partial charge in [0.05, 0.1) is 18.8 Å². The second-order valence-corrected chi connectivity index (χ2v) is 5.62. The Morgan fingerprint density at radius 2 is 2.12 bits per heavy atom. The minimum absolute atomic E-state index is 0.175. The Hall–Kier alpha value is -0.120. The molecule has 3 nitrogen and oxygen atoms in total. The first kappa shape index (κ1) is 13.3. The highest BCUT2D eigenvalue weighted by Crippen LogP contribution is 2.25. The monoisotopic (exact) mass is 241 g/mol. The van der Waals surface area contributed by atoms with E-state index in [-0.39, 0.29) is 12.1 Å². The van der Waals surface area contributed by atoms with Crippen LogP contribution in [0.15, 0.2) is 0 Å². The van der Waals surface area contributed by atoms with Crippen molar-refractivity contribution in [1.29, 1.82) is 0 Å². The zero-order valence-electron chi connectivity index (χ0n) is 11.1. The molecule has 0 radical (unpaired) electrons. The topological polar surface area (TPSA) is 32.7 Å². The molecule has 3 heteroatoms. The molecule has 3 atom stereocenters. The second-order valence-electron chi connectivity index (χ2n) is 5.62. The summed E-state index contributed by atoms with van der Waals surface area (Å²) in [6.07, 6.45) is 7.27. The van der Waals surface area contributed by atoms with E-state index in [1.165, 1.54) is 32.1 Å². The van der Waals surface area contributed by atoms with Gasteiger partial charge in [-0.2, -0.15) is 0 Å². The van der Waals surface area contributed by atoms with Gasteiger partial charge < -0.3 is 9.84 Å². The van der Waals surface area contributed by atoms with E-state index in [0.29, 0.717) is 0 Å². The van der Waals surface area contributed by atoms with Crippen molar-refractivity contribution in [1.82, 2.24) is 4.90 Å². The van der Waals surface area contributed by atoms with Crippen LogP contribution in [0.1, 0.15) is 45.4 Å². The molecule has 2 saturated heterocycles. The van der Waals surface area contributed by atoms with Gasteiger partial charge in [0.2, 0.25) is 0 Å². The lowest BCUT2D eigenvalue weighted by Gasteiger charge is -2.36. The molecule has 2 heterocycles. The minimum atomic E-state index is -0.175. The number of hydrogen-bond acceptors (Lipinski definition) is 3. The minimum Gasteiger partial charge on any atom is -0.391 e. The van der Waals surface area contributed by atoms with E-state index in [0.717, 1.165) is 38.6 Å². The van der Waals surface area contributed by atoms with Crippen molar-refractivity contribution in [2.75, 3.05) is 26.3 Å². The van der Waals surface area contributed by atoms with Gasteiger partial charge in [0.25, 0.3) is 0 Å². The van der Waals surface area contributed by atoms with Crippen molar-refractivity contribution in [3.63, 3.8) is 0 Å². The van der Waals surface area contributed by atoms with Crippen molar-refractivity contribution < 1.29 is 9.84 Å². The number of ether oxygens (including phenoxy) is 1. The van der Waals surface area contributed by atoms with Crippen LogP contribution in [0.3, 0.4) is 0 Å². The number of rotatable bonds is 3. The molecule has 2 rings (SSSR count). The molecule has 0 aliphatic carbocycles. The fourth-order valence-electron chi connectivity index (χ4n) is 3.28. The zero-order valence-corrected chi connectivity index (χ0v) is 11.1. The van der Waals surface area contributed by atoms with Crippen LogP contribution in [0.25, 0.3) is 0 Å². The fraction of sp³-hybridized carbons (Fsp3) is 1.00.